The molecule has 0 spiro atoms. The molecule has 2 heteroatoms. The van der Waals surface area contributed by atoms with Gasteiger partial charge in [0, 0.05) is 17.1 Å². The van der Waals surface area contributed by atoms with Gasteiger partial charge in [0.1, 0.15) is 0 Å². The van der Waals surface area contributed by atoms with E-state index >= 15 is 0 Å². The maximum absolute atomic E-state index is 3.69. The Balaban J connectivity index is 1.84. The number of nitrogens with one attached hydrogen (secondary N) is 1. The molecule has 0 aromatic heterocycles. The van der Waals surface area contributed by atoms with Crippen molar-refractivity contribution in [3.05, 3.63) is 34.3 Å². The van der Waals surface area contributed by atoms with Crippen LogP contribution in [0.2, 0.25) is 0 Å². The fraction of sp³-hybridized carbons (Fsp3) is 0.571. The van der Waals surface area contributed by atoms with Gasteiger partial charge in [-0.05, 0) is 36.5 Å². The van der Waals surface area contributed by atoms with Crippen molar-refractivity contribution in [2.75, 3.05) is 0 Å². The van der Waals surface area contributed by atoms with E-state index in [1.807, 2.05) is 0 Å². The van der Waals surface area contributed by atoms with Gasteiger partial charge in [-0.2, -0.15) is 0 Å². The van der Waals surface area contributed by atoms with E-state index in [0.29, 0.717) is 0 Å². The zero-order chi connectivity index (χ0) is 11.4. The molecule has 1 aliphatic carbocycles. The maximum atomic E-state index is 3.69. The molecule has 0 amide bonds. The van der Waals surface area contributed by atoms with E-state index in [1.54, 1.807) is 0 Å². The Kier molecular flexibility index (Phi) is 4.42. The average molecular weight is 282 g/mol. The molecule has 1 nitrogen and oxygen atoms in total. The smallest absolute Gasteiger partial charge is 0.0208 e. The summed E-state index contributed by atoms with van der Waals surface area (Å²) in [6, 6.07) is 9.31. The molecule has 1 aromatic carbocycles. The zero-order valence-corrected chi connectivity index (χ0v) is 11.5. The Morgan fingerprint density at radius 1 is 1.19 bits per heavy atom. The summed E-state index contributed by atoms with van der Waals surface area (Å²) < 4.78 is 1.15. The van der Waals surface area contributed by atoms with E-state index in [-0.39, 0.29) is 0 Å². The minimum absolute atomic E-state index is 0.720. The molecule has 2 atom stereocenters. The molecule has 0 radical (unpaired) electrons. The van der Waals surface area contributed by atoms with Crippen LogP contribution in [0.15, 0.2) is 28.7 Å². The molecular formula is C14H20BrN. The summed E-state index contributed by atoms with van der Waals surface area (Å²) in [4.78, 5) is 0. The van der Waals surface area contributed by atoms with Crippen LogP contribution in [-0.2, 0) is 6.54 Å². The molecule has 1 aliphatic rings. The Morgan fingerprint density at radius 2 is 1.88 bits per heavy atom. The first-order valence-electron chi connectivity index (χ1n) is 6.23. The monoisotopic (exact) mass is 281 g/mol. The lowest BCUT2D eigenvalue weighted by Crippen LogP contribution is -2.36. The molecular weight excluding hydrogens is 262 g/mol. The van der Waals surface area contributed by atoms with Gasteiger partial charge in [-0.3, -0.25) is 0 Å². The minimum atomic E-state index is 0.720. The lowest BCUT2D eigenvalue weighted by atomic mass is 9.86. The Bertz CT molecular complexity index is 320. The first-order valence-corrected chi connectivity index (χ1v) is 7.03. The molecule has 1 saturated carbocycles. The quantitative estimate of drug-likeness (QED) is 0.879. The molecule has 16 heavy (non-hydrogen) atoms. The van der Waals surface area contributed by atoms with Gasteiger partial charge < -0.3 is 5.32 Å². The first-order chi connectivity index (χ1) is 7.75. The predicted octanol–water partition coefficient (Wildman–Crippen LogP) is 4.12. The van der Waals surface area contributed by atoms with Gasteiger partial charge in [0.2, 0.25) is 0 Å². The van der Waals surface area contributed by atoms with Crippen LogP contribution in [0.3, 0.4) is 0 Å². The van der Waals surface area contributed by atoms with E-state index in [2.05, 4.69) is 52.4 Å². The van der Waals surface area contributed by atoms with Crippen molar-refractivity contribution in [1.82, 2.24) is 5.32 Å². The second-order valence-corrected chi connectivity index (χ2v) is 5.79. The van der Waals surface area contributed by atoms with Crippen LogP contribution in [-0.4, -0.2) is 6.04 Å². The molecule has 0 saturated heterocycles. The average Bonchev–Trinajstić information content (AvgIpc) is 2.30. The summed E-state index contributed by atoms with van der Waals surface area (Å²) in [5.41, 5.74) is 1.38. The summed E-state index contributed by atoms with van der Waals surface area (Å²) in [7, 11) is 0. The van der Waals surface area contributed by atoms with Crippen LogP contribution in [0.4, 0.5) is 0 Å². The Labute approximate surface area is 107 Å². The summed E-state index contributed by atoms with van der Waals surface area (Å²) >= 11 is 3.46. The third-order valence-electron chi connectivity index (χ3n) is 3.59. The van der Waals surface area contributed by atoms with Gasteiger partial charge in [-0.1, -0.05) is 47.8 Å². The van der Waals surface area contributed by atoms with Crippen molar-refractivity contribution < 1.29 is 0 Å². The van der Waals surface area contributed by atoms with E-state index in [4.69, 9.17) is 0 Å². The molecule has 1 fully saturated rings. The van der Waals surface area contributed by atoms with Gasteiger partial charge in [0.15, 0.2) is 0 Å². The summed E-state index contributed by atoms with van der Waals surface area (Å²) in [6.45, 7) is 3.38. The van der Waals surface area contributed by atoms with Crippen LogP contribution in [0, 0.1) is 5.92 Å². The topological polar surface area (TPSA) is 12.0 Å². The molecule has 88 valence electrons. The van der Waals surface area contributed by atoms with E-state index in [9.17, 15) is 0 Å². The first kappa shape index (κ1) is 12.1. The van der Waals surface area contributed by atoms with Crippen LogP contribution in [0.25, 0.3) is 0 Å². The van der Waals surface area contributed by atoms with Gasteiger partial charge in [-0.25, -0.2) is 0 Å². The van der Waals surface area contributed by atoms with E-state index in [0.717, 1.165) is 23.0 Å². The van der Waals surface area contributed by atoms with E-state index < -0.39 is 0 Å². The Hall–Kier alpha value is -0.340. The van der Waals surface area contributed by atoms with Crippen molar-refractivity contribution in [1.29, 1.82) is 0 Å². The third kappa shape index (κ3) is 3.33. The van der Waals surface area contributed by atoms with Crippen molar-refractivity contribution in [2.24, 2.45) is 5.92 Å². The zero-order valence-electron chi connectivity index (χ0n) is 9.88. The van der Waals surface area contributed by atoms with Crippen molar-refractivity contribution in [3.8, 4) is 0 Å². The third-order valence-corrected chi connectivity index (χ3v) is 4.12. The van der Waals surface area contributed by atoms with Crippen molar-refractivity contribution in [2.45, 2.75) is 45.2 Å². The molecule has 0 aliphatic heterocycles. The number of halogens is 1. The van der Waals surface area contributed by atoms with Gasteiger partial charge in [0.05, 0.1) is 0 Å². The molecule has 1 aromatic rings. The Morgan fingerprint density at radius 3 is 2.56 bits per heavy atom. The lowest BCUT2D eigenvalue weighted by Gasteiger charge is -2.29. The van der Waals surface area contributed by atoms with Gasteiger partial charge in [0.25, 0.3) is 0 Å². The molecule has 1 N–H and O–H groups in total. The highest BCUT2D eigenvalue weighted by Crippen LogP contribution is 2.24. The van der Waals surface area contributed by atoms with Crippen LogP contribution in [0.1, 0.15) is 38.2 Å². The predicted molar refractivity (Wildman–Crippen MR) is 72.4 cm³/mol. The summed E-state index contributed by atoms with van der Waals surface area (Å²) in [5.74, 6) is 0.837. The van der Waals surface area contributed by atoms with Crippen LogP contribution < -0.4 is 5.32 Å². The van der Waals surface area contributed by atoms with Crippen molar-refractivity contribution in [3.63, 3.8) is 0 Å². The fourth-order valence-corrected chi connectivity index (χ4v) is 2.74. The number of rotatable bonds is 3. The largest absolute Gasteiger partial charge is 0.310 e. The highest BCUT2D eigenvalue weighted by Gasteiger charge is 2.20. The number of hydrogen-bond donors (Lipinski definition) is 1. The van der Waals surface area contributed by atoms with Gasteiger partial charge in [-0.15, -0.1) is 0 Å². The maximum Gasteiger partial charge on any atom is 0.0208 e. The highest BCUT2D eigenvalue weighted by molar-refractivity contribution is 9.10. The molecule has 2 unspecified atom stereocenters. The lowest BCUT2D eigenvalue weighted by molar-refractivity contribution is 0.279. The second kappa shape index (κ2) is 5.83. The second-order valence-electron chi connectivity index (χ2n) is 4.88. The highest BCUT2D eigenvalue weighted by atomic mass is 79.9. The number of hydrogen-bond acceptors (Lipinski definition) is 1. The molecule has 0 bridgehead atoms. The standard InChI is InChI=1S/C14H20BrN/c1-11-4-2-3-5-14(11)16-10-12-6-8-13(15)9-7-12/h6-9,11,14,16H,2-5,10H2,1H3. The summed E-state index contributed by atoms with van der Waals surface area (Å²) in [6.07, 6.45) is 5.54. The van der Waals surface area contributed by atoms with E-state index in [1.165, 1.54) is 31.2 Å². The number of benzene rings is 1. The molecule has 0 heterocycles. The normalized spacial score (nSPS) is 25.6. The minimum Gasteiger partial charge on any atom is -0.310 e. The molecule has 2 rings (SSSR count). The SMILES string of the molecule is CC1CCCCC1NCc1ccc(Br)cc1. The van der Waals surface area contributed by atoms with Gasteiger partial charge >= 0.3 is 0 Å². The van der Waals surface area contributed by atoms with Crippen LogP contribution >= 0.6 is 15.9 Å². The van der Waals surface area contributed by atoms with Crippen molar-refractivity contribution >= 4 is 15.9 Å². The summed E-state index contributed by atoms with van der Waals surface area (Å²) in [5, 5.41) is 3.69. The van der Waals surface area contributed by atoms with Crippen LogP contribution in [0.5, 0.6) is 0 Å². The fourth-order valence-electron chi connectivity index (χ4n) is 2.47.